The van der Waals surface area contributed by atoms with Crippen LogP contribution in [0.25, 0.3) is 0 Å². The van der Waals surface area contributed by atoms with E-state index in [1.807, 2.05) is 6.07 Å². The third kappa shape index (κ3) is 4.24. The molecule has 20 heavy (non-hydrogen) atoms. The minimum absolute atomic E-state index is 0. The highest BCUT2D eigenvalue weighted by Gasteiger charge is 2.21. The second-order valence-electron chi connectivity index (χ2n) is 4.20. The van der Waals surface area contributed by atoms with Crippen molar-refractivity contribution < 1.29 is 14.3 Å². The van der Waals surface area contributed by atoms with E-state index < -0.39 is 6.10 Å². The number of carbonyl (C=O) groups excluding carboxylic acids is 1. The largest absolute Gasteiger partial charge is 0.496 e. The van der Waals surface area contributed by atoms with Crippen LogP contribution in [0.1, 0.15) is 5.56 Å². The number of halogens is 2. The van der Waals surface area contributed by atoms with E-state index in [0.717, 1.165) is 12.1 Å². The van der Waals surface area contributed by atoms with Crippen LogP contribution in [0.3, 0.4) is 0 Å². The van der Waals surface area contributed by atoms with Crippen molar-refractivity contribution in [3.63, 3.8) is 0 Å². The molecule has 0 aliphatic carbocycles. The van der Waals surface area contributed by atoms with Gasteiger partial charge in [0.05, 0.1) is 13.7 Å². The summed E-state index contributed by atoms with van der Waals surface area (Å²) in [7, 11) is 1.57. The average Bonchev–Trinajstić information content (AvgIpc) is 2.46. The molecule has 1 aromatic rings. The highest BCUT2D eigenvalue weighted by atomic mass is 35.5. The Bertz CT molecular complexity index is 451. The molecular formula is C13H18Cl2N2O3. The summed E-state index contributed by atoms with van der Waals surface area (Å²) in [6, 6.07) is 5.39. The molecule has 1 saturated heterocycles. The van der Waals surface area contributed by atoms with Crippen LogP contribution in [0.5, 0.6) is 5.75 Å². The van der Waals surface area contributed by atoms with E-state index in [1.165, 1.54) is 0 Å². The van der Waals surface area contributed by atoms with Gasteiger partial charge in [-0.05, 0) is 12.1 Å². The normalized spacial score (nSPS) is 18.0. The molecule has 2 rings (SSSR count). The van der Waals surface area contributed by atoms with Gasteiger partial charge in [0.1, 0.15) is 11.9 Å². The lowest BCUT2D eigenvalue weighted by Gasteiger charge is -2.23. The van der Waals surface area contributed by atoms with E-state index in [1.54, 1.807) is 19.2 Å². The van der Waals surface area contributed by atoms with Gasteiger partial charge in [0.2, 0.25) is 0 Å². The predicted molar refractivity (Wildman–Crippen MR) is 79.7 cm³/mol. The Labute approximate surface area is 129 Å². The number of benzene rings is 1. The lowest BCUT2D eigenvalue weighted by molar-refractivity contribution is -0.134. The quantitative estimate of drug-likeness (QED) is 0.879. The number of methoxy groups -OCH3 is 1. The molecule has 0 bridgehead atoms. The molecule has 0 aromatic heterocycles. The van der Waals surface area contributed by atoms with Crippen LogP contribution in [0, 0.1) is 0 Å². The van der Waals surface area contributed by atoms with Crippen molar-refractivity contribution in [3.05, 3.63) is 28.8 Å². The van der Waals surface area contributed by atoms with E-state index in [0.29, 0.717) is 30.5 Å². The molecule has 0 saturated carbocycles. The Kier molecular flexibility index (Phi) is 7.09. The van der Waals surface area contributed by atoms with Gasteiger partial charge in [0, 0.05) is 30.2 Å². The smallest absolute Gasteiger partial charge is 0.250 e. The van der Waals surface area contributed by atoms with Gasteiger partial charge in [-0.25, -0.2) is 0 Å². The summed E-state index contributed by atoms with van der Waals surface area (Å²) in [6.07, 6.45) is -0.442. The van der Waals surface area contributed by atoms with Gasteiger partial charge in [0.15, 0.2) is 0 Å². The van der Waals surface area contributed by atoms with Gasteiger partial charge in [-0.1, -0.05) is 17.7 Å². The average molecular weight is 321 g/mol. The zero-order chi connectivity index (χ0) is 13.7. The standard InChI is InChI=1S/C13H17ClN2O3.ClH/c1-18-11-4-2-3-10(14)9(11)7-16-13(17)12-8-15-5-6-19-12;/h2-4,12,15H,5-8H2,1H3,(H,16,17);1H. The summed E-state index contributed by atoms with van der Waals surface area (Å²) < 4.78 is 10.6. The number of ether oxygens (including phenoxy) is 2. The summed E-state index contributed by atoms with van der Waals surface area (Å²) in [4.78, 5) is 11.9. The maximum absolute atomic E-state index is 11.9. The van der Waals surface area contributed by atoms with Crippen LogP contribution < -0.4 is 15.4 Å². The van der Waals surface area contributed by atoms with Crippen molar-refractivity contribution in [3.8, 4) is 5.75 Å². The van der Waals surface area contributed by atoms with E-state index in [9.17, 15) is 4.79 Å². The van der Waals surface area contributed by atoms with E-state index in [-0.39, 0.29) is 18.3 Å². The number of amides is 1. The van der Waals surface area contributed by atoms with E-state index >= 15 is 0 Å². The highest BCUT2D eigenvalue weighted by Crippen LogP contribution is 2.25. The van der Waals surface area contributed by atoms with Crippen LogP contribution in [0.4, 0.5) is 0 Å². The van der Waals surface area contributed by atoms with Crippen molar-refractivity contribution in [2.75, 3.05) is 26.8 Å². The highest BCUT2D eigenvalue weighted by molar-refractivity contribution is 6.31. The van der Waals surface area contributed by atoms with Gasteiger partial charge in [-0.3, -0.25) is 4.79 Å². The molecule has 112 valence electrons. The predicted octanol–water partition coefficient (Wildman–Crippen LogP) is 1.37. The van der Waals surface area contributed by atoms with Crippen LogP contribution in [0.2, 0.25) is 5.02 Å². The van der Waals surface area contributed by atoms with Crippen LogP contribution in [-0.4, -0.2) is 38.8 Å². The van der Waals surface area contributed by atoms with Crippen molar-refractivity contribution in [2.45, 2.75) is 12.6 Å². The maximum atomic E-state index is 11.9. The zero-order valence-electron chi connectivity index (χ0n) is 11.1. The fraction of sp³-hybridized carbons (Fsp3) is 0.462. The second-order valence-corrected chi connectivity index (χ2v) is 4.61. The summed E-state index contributed by atoms with van der Waals surface area (Å²) in [5, 5.41) is 6.50. The Balaban J connectivity index is 0.00000200. The molecule has 1 atom stereocenters. The summed E-state index contributed by atoms with van der Waals surface area (Å²) in [5.41, 5.74) is 0.767. The molecule has 1 aromatic carbocycles. The fourth-order valence-corrected chi connectivity index (χ4v) is 2.16. The number of rotatable bonds is 4. The minimum Gasteiger partial charge on any atom is -0.496 e. The first kappa shape index (κ1) is 17.0. The molecule has 1 amide bonds. The topological polar surface area (TPSA) is 59.6 Å². The molecule has 0 radical (unpaired) electrons. The van der Waals surface area contributed by atoms with Crippen molar-refractivity contribution in [1.29, 1.82) is 0 Å². The summed E-state index contributed by atoms with van der Waals surface area (Å²) in [5.74, 6) is 0.518. The molecule has 1 unspecified atom stereocenters. The van der Waals surface area contributed by atoms with Gasteiger partial charge in [-0.15, -0.1) is 12.4 Å². The third-order valence-electron chi connectivity index (χ3n) is 2.96. The molecule has 0 spiro atoms. The Morgan fingerprint density at radius 3 is 3.05 bits per heavy atom. The van der Waals surface area contributed by atoms with Gasteiger partial charge in [0.25, 0.3) is 5.91 Å². The number of hydrogen-bond donors (Lipinski definition) is 2. The maximum Gasteiger partial charge on any atom is 0.250 e. The number of hydrogen-bond acceptors (Lipinski definition) is 4. The Morgan fingerprint density at radius 1 is 1.60 bits per heavy atom. The molecule has 1 heterocycles. The molecule has 2 N–H and O–H groups in total. The Morgan fingerprint density at radius 2 is 2.40 bits per heavy atom. The van der Waals surface area contributed by atoms with Gasteiger partial charge < -0.3 is 20.1 Å². The number of nitrogens with one attached hydrogen (secondary N) is 2. The molecular weight excluding hydrogens is 303 g/mol. The van der Waals surface area contributed by atoms with Crippen LogP contribution >= 0.6 is 24.0 Å². The molecule has 1 fully saturated rings. The minimum atomic E-state index is -0.442. The van der Waals surface area contributed by atoms with E-state index in [4.69, 9.17) is 21.1 Å². The Hall–Kier alpha value is -1.01. The first-order valence-electron chi connectivity index (χ1n) is 6.14. The summed E-state index contributed by atoms with van der Waals surface area (Å²) in [6.45, 7) is 2.18. The van der Waals surface area contributed by atoms with Crippen molar-refractivity contribution >= 4 is 29.9 Å². The van der Waals surface area contributed by atoms with Crippen LogP contribution in [0.15, 0.2) is 18.2 Å². The van der Waals surface area contributed by atoms with Crippen LogP contribution in [-0.2, 0) is 16.1 Å². The molecule has 1 aliphatic heterocycles. The lowest BCUT2D eigenvalue weighted by Crippen LogP contribution is -2.47. The van der Waals surface area contributed by atoms with Gasteiger partial charge >= 0.3 is 0 Å². The lowest BCUT2D eigenvalue weighted by atomic mass is 10.2. The first-order chi connectivity index (χ1) is 9.22. The number of morpholine rings is 1. The van der Waals surface area contributed by atoms with Crippen molar-refractivity contribution in [2.24, 2.45) is 0 Å². The number of carbonyl (C=O) groups is 1. The van der Waals surface area contributed by atoms with Gasteiger partial charge in [-0.2, -0.15) is 0 Å². The third-order valence-corrected chi connectivity index (χ3v) is 3.31. The summed E-state index contributed by atoms with van der Waals surface area (Å²) >= 11 is 6.10. The van der Waals surface area contributed by atoms with Crippen molar-refractivity contribution in [1.82, 2.24) is 10.6 Å². The first-order valence-corrected chi connectivity index (χ1v) is 6.51. The molecule has 1 aliphatic rings. The molecule has 7 heteroatoms. The second kappa shape index (κ2) is 8.32. The monoisotopic (exact) mass is 320 g/mol. The van der Waals surface area contributed by atoms with E-state index in [2.05, 4.69) is 10.6 Å². The SMILES string of the molecule is COc1cccc(Cl)c1CNC(=O)C1CNCCO1.Cl. The molecule has 5 nitrogen and oxygen atoms in total. The zero-order valence-corrected chi connectivity index (χ0v) is 12.7. The fourth-order valence-electron chi connectivity index (χ4n) is 1.92.